The van der Waals surface area contributed by atoms with E-state index in [2.05, 4.69) is 19.1 Å². The fourth-order valence-corrected chi connectivity index (χ4v) is 2.65. The molecular weight excluding hydrogens is 411 g/mol. The molecule has 0 bridgehead atoms. The van der Waals surface area contributed by atoms with Crippen molar-refractivity contribution < 1.29 is 39.0 Å². The van der Waals surface area contributed by atoms with Gasteiger partial charge in [0.15, 0.2) is 0 Å². The number of rotatable bonds is 18. The van der Waals surface area contributed by atoms with Crippen molar-refractivity contribution in [2.75, 3.05) is 13.2 Å². The van der Waals surface area contributed by atoms with E-state index < -0.39 is 13.9 Å². The van der Waals surface area contributed by atoms with E-state index in [0.29, 0.717) is 6.42 Å². The minimum absolute atomic E-state index is 0.111. The van der Waals surface area contributed by atoms with Crippen LogP contribution >= 0.6 is 7.82 Å². The highest BCUT2D eigenvalue weighted by Crippen LogP contribution is 2.25. The highest BCUT2D eigenvalue weighted by molar-refractivity contribution is 7.45. The van der Waals surface area contributed by atoms with Gasteiger partial charge in [0.25, 0.3) is 0 Å². The van der Waals surface area contributed by atoms with Gasteiger partial charge >= 0.3 is 13.8 Å². The van der Waals surface area contributed by atoms with Crippen LogP contribution in [0.25, 0.3) is 0 Å². The summed E-state index contributed by atoms with van der Waals surface area (Å²) in [6.07, 6.45) is 20.1. The molecule has 0 unspecified atom stereocenters. The third kappa shape index (κ3) is 34.7. The molecule has 8 nitrogen and oxygen atoms in total. The molecule has 0 saturated heterocycles. The Labute approximate surface area is 181 Å². The lowest BCUT2D eigenvalue weighted by Crippen LogP contribution is -2.21. The molecule has 0 radical (unpaired) electrons. The zero-order valence-electron chi connectivity index (χ0n) is 18.5. The quantitative estimate of drug-likeness (QED) is 0.0905. The van der Waals surface area contributed by atoms with Crippen molar-refractivity contribution in [2.45, 2.75) is 103 Å². The third-order valence-corrected chi connectivity index (χ3v) is 4.29. The molecule has 0 aliphatic carbocycles. The minimum Gasteiger partial charge on any atom is -0.463 e. The molecule has 0 aliphatic rings. The number of carbonyl (C=O) groups is 1. The molecule has 5 N–H and O–H groups in total. The number of carbonyl (C=O) groups excluding carboxylic acids is 1. The number of hydrogen-bond acceptors (Lipinski definition) is 5. The second-order valence-electron chi connectivity index (χ2n) is 7.37. The molecule has 0 amide bonds. The molecule has 9 heteroatoms. The number of hydrogen-bond donors (Lipinski definition) is 5. The van der Waals surface area contributed by atoms with E-state index in [-0.39, 0.29) is 19.2 Å². The predicted molar refractivity (Wildman–Crippen MR) is 118 cm³/mol. The summed E-state index contributed by atoms with van der Waals surface area (Å²) >= 11 is 0. The molecule has 0 aromatic rings. The molecule has 0 saturated carbocycles. The van der Waals surface area contributed by atoms with Gasteiger partial charge in [-0.25, -0.2) is 4.57 Å². The van der Waals surface area contributed by atoms with E-state index in [0.717, 1.165) is 25.7 Å². The van der Waals surface area contributed by atoms with Crippen LogP contribution in [0.4, 0.5) is 0 Å². The lowest BCUT2D eigenvalue weighted by atomic mass is 10.1. The van der Waals surface area contributed by atoms with Crippen LogP contribution in [0.2, 0.25) is 0 Å². The molecular formula is C21H43O8P. The number of aliphatic hydroxyl groups excluding tert-OH is 2. The van der Waals surface area contributed by atoms with Crippen molar-refractivity contribution in [3.8, 4) is 0 Å². The van der Waals surface area contributed by atoms with Gasteiger partial charge in [0.2, 0.25) is 0 Å². The average Bonchev–Trinajstić information content (AvgIpc) is 2.67. The van der Waals surface area contributed by atoms with Crippen molar-refractivity contribution in [3.05, 3.63) is 12.2 Å². The molecule has 0 fully saturated rings. The van der Waals surface area contributed by atoms with Gasteiger partial charge in [-0.1, -0.05) is 70.4 Å². The van der Waals surface area contributed by atoms with Crippen LogP contribution in [0.1, 0.15) is 96.8 Å². The predicted octanol–water partition coefficient (Wildman–Crippen LogP) is 3.99. The zero-order valence-corrected chi connectivity index (χ0v) is 19.3. The number of unbranched alkanes of at least 4 members (excludes halogenated alkanes) is 11. The Kier molecular flexibility index (Phi) is 24.0. The molecule has 0 aromatic heterocycles. The summed E-state index contributed by atoms with van der Waals surface area (Å²) in [5.41, 5.74) is 0. The lowest BCUT2D eigenvalue weighted by Gasteiger charge is -2.08. The van der Waals surface area contributed by atoms with Gasteiger partial charge in [-0.3, -0.25) is 4.79 Å². The third-order valence-electron chi connectivity index (χ3n) is 4.29. The first-order valence-electron chi connectivity index (χ1n) is 11.1. The topological polar surface area (TPSA) is 145 Å². The van der Waals surface area contributed by atoms with Gasteiger partial charge < -0.3 is 29.6 Å². The van der Waals surface area contributed by atoms with Gasteiger partial charge in [0, 0.05) is 6.42 Å². The summed E-state index contributed by atoms with van der Waals surface area (Å²) in [4.78, 5) is 32.9. The molecule has 0 heterocycles. The Morgan fingerprint density at radius 1 is 0.867 bits per heavy atom. The first kappa shape index (κ1) is 31.4. The maximum atomic E-state index is 11.4. The number of ether oxygens (including phenoxy) is 1. The zero-order chi connectivity index (χ0) is 23.1. The number of allylic oxidation sites excluding steroid dienone is 2. The average molecular weight is 455 g/mol. The van der Waals surface area contributed by atoms with Gasteiger partial charge in [-0.05, 0) is 32.1 Å². The highest BCUT2D eigenvalue weighted by Gasteiger charge is 2.07. The molecule has 0 aromatic carbocycles. The van der Waals surface area contributed by atoms with Crippen molar-refractivity contribution in [1.29, 1.82) is 0 Å². The van der Waals surface area contributed by atoms with E-state index in [9.17, 15) is 4.79 Å². The molecule has 0 rings (SSSR count). The van der Waals surface area contributed by atoms with E-state index in [1.54, 1.807) is 0 Å². The maximum absolute atomic E-state index is 11.4. The number of esters is 1. The van der Waals surface area contributed by atoms with Crippen LogP contribution in [0.5, 0.6) is 0 Å². The Balaban J connectivity index is 0. The van der Waals surface area contributed by atoms with Crippen LogP contribution in [0, 0.1) is 0 Å². The summed E-state index contributed by atoms with van der Waals surface area (Å²) < 4.78 is 13.7. The van der Waals surface area contributed by atoms with Gasteiger partial charge in [0.1, 0.15) is 12.7 Å². The molecule has 1 atom stereocenters. The van der Waals surface area contributed by atoms with Gasteiger partial charge in [0.05, 0.1) is 6.61 Å². The summed E-state index contributed by atoms with van der Waals surface area (Å²) in [5, 5.41) is 17.7. The summed E-state index contributed by atoms with van der Waals surface area (Å²) in [5.74, 6) is -0.287. The summed E-state index contributed by atoms with van der Waals surface area (Å²) in [6, 6.07) is 0. The van der Waals surface area contributed by atoms with E-state index >= 15 is 0 Å². The Morgan fingerprint density at radius 3 is 1.77 bits per heavy atom. The van der Waals surface area contributed by atoms with E-state index in [1.165, 1.54) is 57.8 Å². The smallest absolute Gasteiger partial charge is 0.463 e. The maximum Gasteiger partial charge on any atom is 0.466 e. The Morgan fingerprint density at radius 2 is 1.30 bits per heavy atom. The summed E-state index contributed by atoms with van der Waals surface area (Å²) in [6.45, 7) is 1.77. The standard InChI is InChI=1S/C21H40O4.H3O4P/c1-2-3-4-5-6-7-8-9-10-11-12-13-14-15-16-17-21(24)25-19-20(23)18-22;1-5(2,3)4/h9-10,20,22-23H,2-8,11-19H2,1H3;(H3,1,2,3,4)/b10-9-;/t20-;/m0./s1. The van der Waals surface area contributed by atoms with Crippen molar-refractivity contribution in [2.24, 2.45) is 0 Å². The monoisotopic (exact) mass is 454 g/mol. The summed E-state index contributed by atoms with van der Waals surface area (Å²) in [7, 11) is -4.64. The van der Waals surface area contributed by atoms with Crippen LogP contribution in [-0.4, -0.2) is 50.2 Å². The number of phosphoric acid groups is 1. The van der Waals surface area contributed by atoms with Crippen molar-refractivity contribution in [1.82, 2.24) is 0 Å². The van der Waals surface area contributed by atoms with Crippen LogP contribution in [-0.2, 0) is 14.1 Å². The Hall–Kier alpha value is -0.760. The highest BCUT2D eigenvalue weighted by atomic mass is 31.2. The fraction of sp³-hybridized carbons (Fsp3) is 0.857. The van der Waals surface area contributed by atoms with Crippen LogP contribution in [0.15, 0.2) is 12.2 Å². The molecule has 30 heavy (non-hydrogen) atoms. The molecule has 0 spiro atoms. The second-order valence-corrected chi connectivity index (χ2v) is 8.39. The minimum atomic E-state index is -4.64. The Bertz CT molecular complexity index is 442. The first-order chi connectivity index (χ1) is 14.2. The van der Waals surface area contributed by atoms with Crippen molar-refractivity contribution in [3.63, 3.8) is 0 Å². The second kappa shape index (κ2) is 22.9. The fourth-order valence-electron chi connectivity index (χ4n) is 2.65. The first-order valence-corrected chi connectivity index (χ1v) is 12.6. The van der Waals surface area contributed by atoms with E-state index in [4.69, 9.17) is 34.2 Å². The van der Waals surface area contributed by atoms with Crippen LogP contribution < -0.4 is 0 Å². The SMILES string of the molecule is CCCCCCCC/C=C\CCCCCCCC(=O)OC[C@@H](O)CO.O=P(O)(O)O. The largest absolute Gasteiger partial charge is 0.466 e. The van der Waals surface area contributed by atoms with Crippen molar-refractivity contribution >= 4 is 13.8 Å². The van der Waals surface area contributed by atoms with Gasteiger partial charge in [-0.15, -0.1) is 0 Å². The lowest BCUT2D eigenvalue weighted by molar-refractivity contribution is -0.147. The van der Waals surface area contributed by atoms with Crippen LogP contribution in [0.3, 0.4) is 0 Å². The molecule has 180 valence electrons. The normalized spacial score (nSPS) is 12.5. The number of aliphatic hydroxyl groups is 2. The molecule has 0 aliphatic heterocycles. The van der Waals surface area contributed by atoms with Gasteiger partial charge in [-0.2, -0.15) is 0 Å². The van der Waals surface area contributed by atoms with E-state index in [1.807, 2.05) is 0 Å².